The number of hydrogen-bond acceptors (Lipinski definition) is 6. The molecule has 8 nitrogen and oxygen atoms in total. The molecule has 0 radical (unpaired) electrons. The number of benzene rings is 3. The number of carbonyl (C=O) groups is 3. The first-order chi connectivity index (χ1) is 18.2. The Labute approximate surface area is 230 Å². The first kappa shape index (κ1) is 28.7. The molecule has 0 spiro atoms. The summed E-state index contributed by atoms with van der Waals surface area (Å²) in [6, 6.07) is 17.8. The first-order valence-corrected chi connectivity index (χ1v) is 12.5. The largest absolute Gasteiger partial charge is 0.464 e. The van der Waals surface area contributed by atoms with E-state index in [9.17, 15) is 14.4 Å². The maximum Gasteiger partial charge on any atom is 0.328 e. The third kappa shape index (κ3) is 7.57. The number of oxime groups is 1. The molecule has 198 valence electrons. The van der Waals surface area contributed by atoms with E-state index in [2.05, 4.69) is 15.8 Å². The Morgan fingerprint density at radius 1 is 0.947 bits per heavy atom. The van der Waals surface area contributed by atoms with Gasteiger partial charge in [0.1, 0.15) is 13.2 Å². The van der Waals surface area contributed by atoms with Crippen LogP contribution in [-0.4, -0.2) is 43.3 Å². The number of ether oxygens (including phenoxy) is 1. The molecule has 1 atom stereocenters. The van der Waals surface area contributed by atoms with Gasteiger partial charge in [-0.25, -0.2) is 4.79 Å². The van der Waals surface area contributed by atoms with Gasteiger partial charge in [0.25, 0.3) is 11.8 Å². The fourth-order valence-electron chi connectivity index (χ4n) is 3.56. The van der Waals surface area contributed by atoms with Gasteiger partial charge < -0.3 is 20.2 Å². The fourth-order valence-corrected chi connectivity index (χ4v) is 4.13. The third-order valence-electron chi connectivity index (χ3n) is 5.44. The predicted molar refractivity (Wildman–Crippen MR) is 148 cm³/mol. The standard InChI is InChI=1S/C28H27Cl2N3O5/c1-4-38-28(36)23(32-27(35)25(33-37-3)19-12-8-17(2)9-13-19)16-18-10-14-20(15-11-18)31-26(34)24-21(29)6-5-7-22(24)30/h5-15,23H,4,16H2,1-3H3,(H,31,34)(H,32,35)/t23-/m0/s1. The van der Waals surface area contributed by atoms with Crippen molar-refractivity contribution in [2.24, 2.45) is 5.16 Å². The lowest BCUT2D eigenvalue weighted by Crippen LogP contribution is -2.46. The summed E-state index contributed by atoms with van der Waals surface area (Å²) in [6.07, 6.45) is 0.142. The van der Waals surface area contributed by atoms with Crippen LogP contribution in [0.5, 0.6) is 0 Å². The number of aryl methyl sites for hydroxylation is 1. The third-order valence-corrected chi connectivity index (χ3v) is 6.07. The normalized spacial score (nSPS) is 11.9. The van der Waals surface area contributed by atoms with E-state index in [-0.39, 0.29) is 34.3 Å². The van der Waals surface area contributed by atoms with E-state index in [0.717, 1.165) is 11.1 Å². The van der Waals surface area contributed by atoms with E-state index >= 15 is 0 Å². The minimum absolute atomic E-state index is 0.0260. The van der Waals surface area contributed by atoms with E-state index in [1.54, 1.807) is 61.5 Å². The van der Waals surface area contributed by atoms with Crippen LogP contribution in [0.15, 0.2) is 71.9 Å². The van der Waals surface area contributed by atoms with Crippen LogP contribution in [0.3, 0.4) is 0 Å². The number of nitrogens with one attached hydrogen (secondary N) is 2. The smallest absolute Gasteiger partial charge is 0.328 e. The van der Waals surface area contributed by atoms with Gasteiger partial charge in [-0.3, -0.25) is 9.59 Å². The van der Waals surface area contributed by atoms with Crippen LogP contribution in [0, 0.1) is 6.92 Å². The van der Waals surface area contributed by atoms with Crippen LogP contribution in [0.1, 0.15) is 34.0 Å². The first-order valence-electron chi connectivity index (χ1n) is 11.7. The zero-order valence-corrected chi connectivity index (χ0v) is 22.6. The molecule has 3 rings (SSSR count). The van der Waals surface area contributed by atoms with Gasteiger partial charge in [0.2, 0.25) is 0 Å². The number of esters is 1. The highest BCUT2D eigenvalue weighted by molar-refractivity contribution is 6.45. The Balaban J connectivity index is 1.75. The summed E-state index contributed by atoms with van der Waals surface area (Å²) < 4.78 is 5.18. The molecule has 0 fully saturated rings. The molecule has 0 saturated heterocycles. The van der Waals surface area contributed by atoms with Crippen molar-refractivity contribution in [2.75, 3.05) is 19.0 Å². The van der Waals surface area contributed by atoms with Crippen molar-refractivity contribution in [3.8, 4) is 0 Å². The number of amides is 2. The Morgan fingerprint density at radius 3 is 2.16 bits per heavy atom. The van der Waals surface area contributed by atoms with E-state index in [4.69, 9.17) is 32.8 Å². The lowest BCUT2D eigenvalue weighted by Gasteiger charge is -2.18. The van der Waals surface area contributed by atoms with E-state index in [0.29, 0.717) is 11.3 Å². The van der Waals surface area contributed by atoms with Gasteiger partial charge in [0.15, 0.2) is 5.71 Å². The van der Waals surface area contributed by atoms with E-state index in [1.807, 2.05) is 19.1 Å². The molecule has 38 heavy (non-hydrogen) atoms. The van der Waals surface area contributed by atoms with Gasteiger partial charge in [0, 0.05) is 17.7 Å². The second kappa shape index (κ2) is 13.6. The van der Waals surface area contributed by atoms with Gasteiger partial charge in [-0.2, -0.15) is 0 Å². The van der Waals surface area contributed by atoms with Crippen LogP contribution in [0.2, 0.25) is 10.0 Å². The topological polar surface area (TPSA) is 106 Å². The summed E-state index contributed by atoms with van der Waals surface area (Å²) in [5, 5.41) is 9.79. The van der Waals surface area contributed by atoms with Gasteiger partial charge >= 0.3 is 5.97 Å². The summed E-state index contributed by atoms with van der Waals surface area (Å²) in [5.74, 6) is -1.63. The molecule has 0 bridgehead atoms. The molecule has 2 N–H and O–H groups in total. The van der Waals surface area contributed by atoms with Crippen LogP contribution in [0.4, 0.5) is 5.69 Å². The summed E-state index contributed by atoms with van der Waals surface area (Å²) in [6.45, 7) is 3.76. The van der Waals surface area contributed by atoms with Crippen LogP contribution >= 0.6 is 23.2 Å². The zero-order chi connectivity index (χ0) is 27.7. The Bertz CT molecular complexity index is 1310. The Morgan fingerprint density at radius 2 is 1.58 bits per heavy atom. The average Bonchev–Trinajstić information content (AvgIpc) is 2.88. The zero-order valence-electron chi connectivity index (χ0n) is 21.1. The molecule has 3 aromatic carbocycles. The summed E-state index contributed by atoms with van der Waals surface area (Å²) >= 11 is 12.2. The molecular formula is C28H27Cl2N3O5. The molecule has 10 heteroatoms. The monoisotopic (exact) mass is 555 g/mol. The number of hydrogen-bond donors (Lipinski definition) is 2. The second-order valence-corrected chi connectivity index (χ2v) is 9.03. The quantitative estimate of drug-likeness (QED) is 0.203. The molecule has 0 saturated carbocycles. The van der Waals surface area contributed by atoms with Gasteiger partial charge in [-0.05, 0) is 43.7 Å². The predicted octanol–water partition coefficient (Wildman–Crippen LogP) is 5.20. The highest BCUT2D eigenvalue weighted by Gasteiger charge is 2.26. The molecule has 0 unspecified atom stereocenters. The molecule has 0 heterocycles. The lowest BCUT2D eigenvalue weighted by atomic mass is 10.0. The molecule has 0 aromatic heterocycles. The molecule has 2 amide bonds. The number of rotatable bonds is 10. The van der Waals surface area contributed by atoms with Crippen molar-refractivity contribution in [3.63, 3.8) is 0 Å². The second-order valence-electron chi connectivity index (χ2n) is 8.22. The number of halogens is 2. The number of anilines is 1. The van der Waals surface area contributed by atoms with Crippen molar-refractivity contribution >= 4 is 52.4 Å². The Kier molecular flexibility index (Phi) is 10.3. The van der Waals surface area contributed by atoms with Gasteiger partial charge in [-0.1, -0.05) is 76.4 Å². The number of nitrogens with zero attached hydrogens (tertiary/aromatic N) is 1. The molecular weight excluding hydrogens is 529 g/mol. The summed E-state index contributed by atoms with van der Waals surface area (Å²) in [7, 11) is 1.34. The maximum absolute atomic E-state index is 13.1. The molecule has 0 aliphatic heterocycles. The fraction of sp³-hybridized carbons (Fsp3) is 0.214. The van der Waals surface area contributed by atoms with Gasteiger partial charge in [0.05, 0.1) is 22.2 Å². The maximum atomic E-state index is 13.1. The summed E-state index contributed by atoms with van der Waals surface area (Å²) in [5.41, 5.74) is 2.98. The van der Waals surface area contributed by atoms with E-state index in [1.165, 1.54) is 7.11 Å². The van der Waals surface area contributed by atoms with E-state index < -0.39 is 23.8 Å². The Hall–Kier alpha value is -3.88. The molecule has 0 aliphatic carbocycles. The minimum atomic E-state index is -0.989. The molecule has 0 aliphatic rings. The number of carbonyl (C=O) groups excluding carboxylic acids is 3. The lowest BCUT2D eigenvalue weighted by molar-refractivity contribution is -0.146. The van der Waals surface area contributed by atoms with Crippen molar-refractivity contribution < 1.29 is 24.0 Å². The van der Waals surface area contributed by atoms with Crippen molar-refractivity contribution in [1.29, 1.82) is 0 Å². The molecule has 3 aromatic rings. The highest BCUT2D eigenvalue weighted by Crippen LogP contribution is 2.25. The summed E-state index contributed by atoms with van der Waals surface area (Å²) in [4.78, 5) is 43.3. The van der Waals surface area contributed by atoms with Crippen molar-refractivity contribution in [3.05, 3.63) is 99.0 Å². The van der Waals surface area contributed by atoms with Crippen molar-refractivity contribution in [2.45, 2.75) is 26.3 Å². The highest BCUT2D eigenvalue weighted by atomic mass is 35.5. The van der Waals surface area contributed by atoms with Gasteiger partial charge in [-0.15, -0.1) is 0 Å². The minimum Gasteiger partial charge on any atom is -0.464 e. The van der Waals surface area contributed by atoms with Crippen LogP contribution in [0.25, 0.3) is 0 Å². The SMILES string of the molecule is CCOC(=O)[C@H](Cc1ccc(NC(=O)c2c(Cl)cccc2Cl)cc1)NC(=O)C(=NOC)c1ccc(C)cc1. The average molecular weight is 556 g/mol. The van der Waals surface area contributed by atoms with Crippen LogP contribution < -0.4 is 10.6 Å². The van der Waals surface area contributed by atoms with Crippen LogP contribution in [-0.2, 0) is 25.6 Å². The van der Waals surface area contributed by atoms with Crippen molar-refractivity contribution in [1.82, 2.24) is 5.32 Å².